The molecule has 8 heteroatoms. The van der Waals surface area contributed by atoms with Gasteiger partial charge in [-0.25, -0.2) is 9.69 Å². The van der Waals surface area contributed by atoms with Crippen LogP contribution in [0.25, 0.3) is 10.9 Å². The molecule has 3 heterocycles. The molecule has 2 atom stereocenters. The Hall–Kier alpha value is -3.97. The first-order valence-corrected chi connectivity index (χ1v) is 13.7. The Balaban J connectivity index is 1.53. The molecule has 200 valence electrons. The first-order chi connectivity index (χ1) is 18.9. The Morgan fingerprint density at radius 3 is 2.54 bits per heavy atom. The molecule has 1 saturated heterocycles. The highest BCUT2D eigenvalue weighted by molar-refractivity contribution is 6.36. The highest BCUT2D eigenvalue weighted by Gasteiger charge is 2.61. The van der Waals surface area contributed by atoms with Gasteiger partial charge in [-0.05, 0) is 61.7 Å². The number of ether oxygens (including phenoxy) is 2. The summed E-state index contributed by atoms with van der Waals surface area (Å²) in [5.74, 6) is 0.830. The third kappa shape index (κ3) is 3.79. The molecule has 3 aromatic carbocycles. The number of halogens is 1. The van der Waals surface area contributed by atoms with Gasteiger partial charge in [-0.2, -0.15) is 0 Å². The van der Waals surface area contributed by atoms with Gasteiger partial charge in [0.1, 0.15) is 0 Å². The van der Waals surface area contributed by atoms with Gasteiger partial charge in [0, 0.05) is 23.4 Å². The maximum Gasteiger partial charge on any atom is 0.332 e. The van der Waals surface area contributed by atoms with Crippen LogP contribution in [0.5, 0.6) is 11.5 Å². The average molecular weight is 544 g/mol. The van der Waals surface area contributed by atoms with Crippen molar-refractivity contribution in [2.75, 3.05) is 24.7 Å². The molecule has 2 aliphatic heterocycles. The molecule has 3 amide bonds. The van der Waals surface area contributed by atoms with Crippen LogP contribution in [0.3, 0.4) is 0 Å². The molecular formula is C31H30ClN3O4. The number of amides is 3. The van der Waals surface area contributed by atoms with E-state index in [2.05, 4.69) is 18.0 Å². The number of H-pyrrole nitrogens is 1. The molecule has 0 saturated carbocycles. The number of hydrogen-bond acceptors (Lipinski definition) is 4. The summed E-state index contributed by atoms with van der Waals surface area (Å²) in [6, 6.07) is 20.5. The highest BCUT2D eigenvalue weighted by Crippen LogP contribution is 2.51. The Morgan fingerprint density at radius 1 is 1.00 bits per heavy atom. The van der Waals surface area contributed by atoms with Crippen molar-refractivity contribution >= 4 is 40.1 Å². The standard InChI is InChI=1S/C31H30ClN3O4/c1-4-16-39-25-15-14-19(17-26(25)38-5-2)21-18-34-30(37)35(24-13-9-7-11-22(24)32)29(36)31(34,3)28-27(21)20-10-6-8-12-23(20)33-28/h6-15,17,21,33H,4-5,16,18H2,1-3H3. The summed E-state index contributed by atoms with van der Waals surface area (Å²) in [7, 11) is 0. The van der Waals surface area contributed by atoms with Gasteiger partial charge in [-0.15, -0.1) is 0 Å². The van der Waals surface area contributed by atoms with E-state index in [0.717, 1.165) is 34.1 Å². The van der Waals surface area contributed by atoms with E-state index >= 15 is 0 Å². The summed E-state index contributed by atoms with van der Waals surface area (Å²) >= 11 is 6.47. The summed E-state index contributed by atoms with van der Waals surface area (Å²) in [6.45, 7) is 7.23. The fraction of sp³-hybridized carbons (Fsp3) is 0.290. The molecule has 1 aromatic heterocycles. The van der Waals surface area contributed by atoms with Crippen LogP contribution in [0, 0.1) is 0 Å². The van der Waals surface area contributed by atoms with Crippen molar-refractivity contribution in [3.63, 3.8) is 0 Å². The second kappa shape index (κ2) is 9.65. The van der Waals surface area contributed by atoms with Crippen molar-refractivity contribution < 1.29 is 19.1 Å². The van der Waals surface area contributed by atoms with Crippen molar-refractivity contribution in [1.29, 1.82) is 0 Å². The number of anilines is 1. The SMILES string of the molecule is CCCOc1ccc(C2CN3C(=O)N(c4ccccc4Cl)C(=O)C3(C)c3[nH]c4ccccc4c32)cc1OCC. The topological polar surface area (TPSA) is 74.9 Å². The summed E-state index contributed by atoms with van der Waals surface area (Å²) in [5.41, 5.74) is 2.80. The average Bonchev–Trinajstić information content (AvgIpc) is 3.42. The number of rotatable bonds is 7. The van der Waals surface area contributed by atoms with E-state index < -0.39 is 11.6 Å². The molecule has 4 aromatic rings. The van der Waals surface area contributed by atoms with Gasteiger partial charge < -0.3 is 19.4 Å². The molecule has 6 rings (SSSR count). The Bertz CT molecular complexity index is 1600. The Labute approximate surface area is 232 Å². The number of para-hydroxylation sites is 2. The van der Waals surface area contributed by atoms with Crippen LogP contribution >= 0.6 is 11.6 Å². The van der Waals surface area contributed by atoms with Crippen LogP contribution < -0.4 is 14.4 Å². The van der Waals surface area contributed by atoms with E-state index in [1.807, 2.05) is 50.2 Å². The van der Waals surface area contributed by atoms with E-state index in [0.29, 0.717) is 42.0 Å². The molecule has 0 radical (unpaired) electrons. The zero-order valence-corrected chi connectivity index (χ0v) is 22.9. The number of carbonyl (C=O) groups excluding carboxylic acids is 2. The molecule has 2 unspecified atom stereocenters. The fourth-order valence-corrected chi connectivity index (χ4v) is 6.10. The number of carbonyl (C=O) groups is 2. The van der Waals surface area contributed by atoms with E-state index in [9.17, 15) is 9.59 Å². The zero-order chi connectivity index (χ0) is 27.3. The summed E-state index contributed by atoms with van der Waals surface area (Å²) in [4.78, 5) is 34.5. The first-order valence-electron chi connectivity index (χ1n) is 13.3. The van der Waals surface area contributed by atoms with Crippen LogP contribution in [0.1, 0.15) is 49.9 Å². The molecule has 1 fully saturated rings. The van der Waals surface area contributed by atoms with E-state index in [1.165, 1.54) is 4.90 Å². The van der Waals surface area contributed by atoms with Crippen LogP contribution in [0.2, 0.25) is 5.02 Å². The molecule has 1 N–H and O–H groups in total. The van der Waals surface area contributed by atoms with E-state index in [1.54, 1.807) is 29.2 Å². The maximum absolute atomic E-state index is 14.1. The van der Waals surface area contributed by atoms with Crippen LogP contribution in [-0.2, 0) is 10.3 Å². The molecule has 0 aliphatic carbocycles. The fourth-order valence-electron chi connectivity index (χ4n) is 5.88. The number of imide groups is 1. The second-order valence-corrected chi connectivity index (χ2v) is 10.5. The molecule has 39 heavy (non-hydrogen) atoms. The highest BCUT2D eigenvalue weighted by atomic mass is 35.5. The monoisotopic (exact) mass is 543 g/mol. The van der Waals surface area contributed by atoms with Crippen molar-refractivity contribution in [2.45, 2.75) is 38.6 Å². The zero-order valence-electron chi connectivity index (χ0n) is 22.2. The lowest BCUT2D eigenvalue weighted by molar-refractivity contribution is -0.125. The Morgan fingerprint density at radius 2 is 1.77 bits per heavy atom. The molecule has 7 nitrogen and oxygen atoms in total. The summed E-state index contributed by atoms with van der Waals surface area (Å²) < 4.78 is 11.9. The number of urea groups is 1. The minimum absolute atomic E-state index is 0.202. The molecule has 0 bridgehead atoms. The van der Waals surface area contributed by atoms with Gasteiger partial charge in [0.15, 0.2) is 17.0 Å². The lowest BCUT2D eigenvalue weighted by Gasteiger charge is -2.40. The molecule has 2 aliphatic rings. The lowest BCUT2D eigenvalue weighted by atomic mass is 9.78. The smallest absolute Gasteiger partial charge is 0.332 e. The number of hydrogen-bond donors (Lipinski definition) is 1. The quantitative estimate of drug-likeness (QED) is 0.259. The van der Waals surface area contributed by atoms with Crippen molar-refractivity contribution in [3.05, 3.63) is 88.6 Å². The predicted molar refractivity (Wildman–Crippen MR) is 152 cm³/mol. The van der Waals surface area contributed by atoms with Gasteiger partial charge in [0.25, 0.3) is 5.91 Å². The summed E-state index contributed by atoms with van der Waals surface area (Å²) in [6.07, 6.45) is 0.889. The van der Waals surface area contributed by atoms with Crippen LogP contribution in [0.4, 0.5) is 10.5 Å². The number of nitrogens with zero attached hydrogens (tertiary/aromatic N) is 2. The third-order valence-corrected chi connectivity index (χ3v) is 8.07. The summed E-state index contributed by atoms with van der Waals surface area (Å²) in [5, 5.41) is 1.37. The van der Waals surface area contributed by atoms with E-state index in [-0.39, 0.29) is 11.8 Å². The van der Waals surface area contributed by atoms with Gasteiger partial charge in [-0.1, -0.05) is 54.9 Å². The maximum atomic E-state index is 14.1. The van der Waals surface area contributed by atoms with Gasteiger partial charge in [0.05, 0.1) is 29.6 Å². The number of aromatic amines is 1. The van der Waals surface area contributed by atoms with Crippen LogP contribution in [0.15, 0.2) is 66.7 Å². The van der Waals surface area contributed by atoms with Crippen molar-refractivity contribution in [2.24, 2.45) is 0 Å². The van der Waals surface area contributed by atoms with Gasteiger partial charge >= 0.3 is 6.03 Å². The van der Waals surface area contributed by atoms with Crippen molar-refractivity contribution in [3.8, 4) is 11.5 Å². The number of aromatic nitrogens is 1. The minimum Gasteiger partial charge on any atom is -0.490 e. The minimum atomic E-state index is -1.21. The molecule has 0 spiro atoms. The largest absolute Gasteiger partial charge is 0.490 e. The Kier molecular flexibility index (Phi) is 6.26. The van der Waals surface area contributed by atoms with E-state index in [4.69, 9.17) is 21.1 Å². The third-order valence-electron chi connectivity index (χ3n) is 7.75. The lowest BCUT2D eigenvalue weighted by Crippen LogP contribution is -2.50. The number of nitrogens with one attached hydrogen (secondary N) is 1. The van der Waals surface area contributed by atoms with Gasteiger partial charge in [0.2, 0.25) is 0 Å². The second-order valence-electron chi connectivity index (χ2n) is 10.1. The van der Waals surface area contributed by atoms with Gasteiger partial charge in [-0.3, -0.25) is 4.79 Å². The van der Waals surface area contributed by atoms with Crippen LogP contribution in [-0.4, -0.2) is 41.6 Å². The number of fused-ring (bicyclic) bond motifs is 5. The molecular weight excluding hydrogens is 514 g/mol. The number of benzene rings is 3. The normalized spacial score (nSPS) is 20.4. The first kappa shape index (κ1) is 25.3. The predicted octanol–water partition coefficient (Wildman–Crippen LogP) is 6.84. The van der Waals surface area contributed by atoms with Crippen molar-refractivity contribution in [1.82, 2.24) is 9.88 Å².